The van der Waals surface area contributed by atoms with Crippen molar-refractivity contribution >= 4 is 0 Å². The molecule has 5 nitrogen and oxygen atoms in total. The van der Waals surface area contributed by atoms with Crippen LogP contribution in [0.25, 0.3) is 0 Å². The summed E-state index contributed by atoms with van der Waals surface area (Å²) in [4.78, 5) is 0. The van der Waals surface area contributed by atoms with E-state index >= 15 is 0 Å². The van der Waals surface area contributed by atoms with Crippen LogP contribution in [0.15, 0.2) is 30.6 Å². The fourth-order valence-electron chi connectivity index (χ4n) is 2.18. The van der Waals surface area contributed by atoms with Crippen molar-refractivity contribution in [2.45, 2.75) is 33.0 Å². The molecule has 0 fully saturated rings. The zero-order valence-corrected chi connectivity index (χ0v) is 13.1. The van der Waals surface area contributed by atoms with Crippen molar-refractivity contribution < 1.29 is 9.47 Å². The Morgan fingerprint density at radius 1 is 1.24 bits per heavy atom. The third-order valence-electron chi connectivity index (χ3n) is 3.53. The number of aryl methyl sites for hydroxylation is 1. The summed E-state index contributed by atoms with van der Waals surface area (Å²) in [6, 6.07) is 6.21. The molecule has 0 radical (unpaired) electrons. The van der Waals surface area contributed by atoms with Gasteiger partial charge in [0.15, 0.2) is 11.5 Å². The molecule has 1 atom stereocenters. The first-order chi connectivity index (χ1) is 10.2. The Morgan fingerprint density at radius 3 is 2.62 bits per heavy atom. The molecule has 1 aromatic carbocycles. The van der Waals surface area contributed by atoms with Crippen LogP contribution in [0.3, 0.4) is 0 Å². The Balaban J connectivity index is 2.01. The predicted octanol–water partition coefficient (Wildman–Crippen LogP) is 2.77. The van der Waals surface area contributed by atoms with Crippen LogP contribution in [0.1, 0.15) is 31.0 Å². The number of rotatable bonds is 7. The van der Waals surface area contributed by atoms with Crippen LogP contribution in [-0.4, -0.2) is 24.0 Å². The number of benzene rings is 1. The third-order valence-corrected chi connectivity index (χ3v) is 3.53. The topological polar surface area (TPSA) is 48.3 Å². The highest BCUT2D eigenvalue weighted by atomic mass is 16.5. The summed E-state index contributed by atoms with van der Waals surface area (Å²) in [6.07, 6.45) is 3.96. The Kier molecular flexibility index (Phi) is 5.22. The first-order valence-electron chi connectivity index (χ1n) is 7.14. The van der Waals surface area contributed by atoms with E-state index in [1.165, 1.54) is 5.56 Å². The zero-order chi connectivity index (χ0) is 15.2. The van der Waals surface area contributed by atoms with Gasteiger partial charge in [0.05, 0.1) is 20.4 Å². The third kappa shape index (κ3) is 3.76. The van der Waals surface area contributed by atoms with Crippen molar-refractivity contribution in [3.8, 4) is 11.5 Å². The highest BCUT2D eigenvalue weighted by Gasteiger charge is 2.10. The van der Waals surface area contributed by atoms with Gasteiger partial charge in [0.25, 0.3) is 0 Å². The van der Waals surface area contributed by atoms with E-state index in [9.17, 15) is 0 Å². The van der Waals surface area contributed by atoms with Gasteiger partial charge in [-0.15, -0.1) is 0 Å². The number of aromatic nitrogens is 2. The van der Waals surface area contributed by atoms with Crippen LogP contribution >= 0.6 is 0 Å². The van der Waals surface area contributed by atoms with Crippen molar-refractivity contribution in [2.24, 2.45) is 0 Å². The second-order valence-electron chi connectivity index (χ2n) is 4.92. The van der Waals surface area contributed by atoms with Crippen LogP contribution in [0.4, 0.5) is 0 Å². The molecule has 0 aliphatic rings. The van der Waals surface area contributed by atoms with Gasteiger partial charge in [-0.3, -0.25) is 4.68 Å². The lowest BCUT2D eigenvalue weighted by Gasteiger charge is -2.16. The predicted molar refractivity (Wildman–Crippen MR) is 82.7 cm³/mol. The molecular formula is C16H23N3O2. The summed E-state index contributed by atoms with van der Waals surface area (Å²) < 4.78 is 12.5. The van der Waals surface area contributed by atoms with E-state index in [1.807, 2.05) is 23.0 Å². The molecule has 0 amide bonds. The maximum Gasteiger partial charge on any atom is 0.161 e. The average molecular weight is 289 g/mol. The molecule has 0 aliphatic heterocycles. The highest BCUT2D eigenvalue weighted by molar-refractivity contribution is 5.43. The lowest BCUT2D eigenvalue weighted by atomic mass is 10.1. The zero-order valence-electron chi connectivity index (χ0n) is 13.1. The minimum Gasteiger partial charge on any atom is -0.493 e. The van der Waals surface area contributed by atoms with Gasteiger partial charge in [0, 0.05) is 30.9 Å². The highest BCUT2D eigenvalue weighted by Crippen LogP contribution is 2.29. The molecule has 114 valence electrons. The average Bonchev–Trinajstić information content (AvgIpc) is 2.99. The Hall–Kier alpha value is -2.01. The number of methoxy groups -OCH3 is 2. The summed E-state index contributed by atoms with van der Waals surface area (Å²) in [5.41, 5.74) is 2.35. The van der Waals surface area contributed by atoms with Crippen LogP contribution in [0, 0.1) is 0 Å². The number of hydrogen-bond acceptors (Lipinski definition) is 4. The van der Waals surface area contributed by atoms with Crippen LogP contribution in [0.2, 0.25) is 0 Å². The van der Waals surface area contributed by atoms with Gasteiger partial charge in [0.2, 0.25) is 0 Å². The second-order valence-corrected chi connectivity index (χ2v) is 4.92. The van der Waals surface area contributed by atoms with E-state index in [2.05, 4.69) is 36.5 Å². The van der Waals surface area contributed by atoms with E-state index in [-0.39, 0.29) is 6.04 Å². The smallest absolute Gasteiger partial charge is 0.161 e. The summed E-state index contributed by atoms with van der Waals surface area (Å²) in [6.45, 7) is 5.89. The monoisotopic (exact) mass is 289 g/mol. The molecule has 2 aromatic rings. The first kappa shape index (κ1) is 15.4. The van der Waals surface area contributed by atoms with E-state index in [4.69, 9.17) is 9.47 Å². The fourth-order valence-corrected chi connectivity index (χ4v) is 2.18. The standard InChI is InChI=1S/C16H23N3O2/c1-5-19-11-13(10-18-19)9-17-12(2)14-6-7-15(20-3)16(8-14)21-4/h6-8,10-12,17H,5,9H2,1-4H3. The van der Waals surface area contributed by atoms with Crippen molar-refractivity contribution in [1.82, 2.24) is 15.1 Å². The molecule has 0 aliphatic carbocycles. The largest absolute Gasteiger partial charge is 0.493 e. The Labute approximate surface area is 125 Å². The minimum absolute atomic E-state index is 0.217. The molecule has 21 heavy (non-hydrogen) atoms. The van der Waals surface area contributed by atoms with Gasteiger partial charge < -0.3 is 14.8 Å². The molecular weight excluding hydrogens is 266 g/mol. The van der Waals surface area contributed by atoms with Crippen molar-refractivity contribution in [3.63, 3.8) is 0 Å². The molecule has 1 aromatic heterocycles. The maximum atomic E-state index is 5.34. The maximum absolute atomic E-state index is 5.34. The number of hydrogen-bond donors (Lipinski definition) is 1. The Bertz CT molecular complexity index is 581. The molecule has 1 heterocycles. The van der Waals surface area contributed by atoms with Gasteiger partial charge in [-0.1, -0.05) is 6.07 Å². The minimum atomic E-state index is 0.217. The van der Waals surface area contributed by atoms with Crippen molar-refractivity contribution in [2.75, 3.05) is 14.2 Å². The quantitative estimate of drug-likeness (QED) is 0.851. The summed E-state index contributed by atoms with van der Waals surface area (Å²) in [5, 5.41) is 7.77. The summed E-state index contributed by atoms with van der Waals surface area (Å²) >= 11 is 0. The fraction of sp³-hybridized carbons (Fsp3) is 0.438. The molecule has 0 saturated carbocycles. The molecule has 1 unspecified atom stereocenters. The second kappa shape index (κ2) is 7.13. The van der Waals surface area contributed by atoms with E-state index < -0.39 is 0 Å². The molecule has 1 N–H and O–H groups in total. The number of nitrogens with one attached hydrogen (secondary N) is 1. The summed E-state index contributed by atoms with van der Waals surface area (Å²) in [5.74, 6) is 1.50. The van der Waals surface area contributed by atoms with Crippen molar-refractivity contribution in [1.29, 1.82) is 0 Å². The summed E-state index contributed by atoms with van der Waals surface area (Å²) in [7, 11) is 3.30. The van der Waals surface area contributed by atoms with Gasteiger partial charge in [-0.05, 0) is 31.5 Å². The van der Waals surface area contributed by atoms with Gasteiger partial charge >= 0.3 is 0 Å². The SMILES string of the molecule is CCn1cc(CNC(C)c2ccc(OC)c(OC)c2)cn1. The van der Waals surface area contributed by atoms with Crippen LogP contribution in [-0.2, 0) is 13.1 Å². The van der Waals surface area contributed by atoms with E-state index in [0.29, 0.717) is 0 Å². The molecule has 0 saturated heterocycles. The first-order valence-corrected chi connectivity index (χ1v) is 7.14. The van der Waals surface area contributed by atoms with Crippen LogP contribution in [0.5, 0.6) is 11.5 Å². The van der Waals surface area contributed by atoms with E-state index in [0.717, 1.165) is 30.2 Å². The number of nitrogens with zero attached hydrogens (tertiary/aromatic N) is 2. The lowest BCUT2D eigenvalue weighted by molar-refractivity contribution is 0.354. The lowest BCUT2D eigenvalue weighted by Crippen LogP contribution is -2.17. The molecule has 0 spiro atoms. The molecule has 0 bridgehead atoms. The Morgan fingerprint density at radius 2 is 2.00 bits per heavy atom. The normalized spacial score (nSPS) is 12.2. The molecule has 5 heteroatoms. The van der Waals surface area contributed by atoms with Crippen molar-refractivity contribution in [3.05, 3.63) is 41.7 Å². The molecule has 2 rings (SSSR count). The number of ether oxygens (including phenoxy) is 2. The van der Waals surface area contributed by atoms with Gasteiger partial charge in [-0.25, -0.2) is 0 Å². The van der Waals surface area contributed by atoms with Gasteiger partial charge in [-0.2, -0.15) is 5.10 Å². The van der Waals surface area contributed by atoms with Gasteiger partial charge in [0.1, 0.15) is 0 Å². The van der Waals surface area contributed by atoms with E-state index in [1.54, 1.807) is 14.2 Å². The van der Waals surface area contributed by atoms with Crippen LogP contribution < -0.4 is 14.8 Å².